The minimum absolute atomic E-state index is 0.0615. The molecular formula is C18H15N7O2. The fourth-order valence-electron chi connectivity index (χ4n) is 2.85. The first kappa shape index (κ1) is 16.6. The summed E-state index contributed by atoms with van der Waals surface area (Å²) in [6, 6.07) is 16.6. The Hall–Kier alpha value is -3.88. The van der Waals surface area contributed by atoms with Crippen LogP contribution in [0.1, 0.15) is 18.5 Å². The second-order valence-electron chi connectivity index (χ2n) is 5.92. The van der Waals surface area contributed by atoms with E-state index in [4.69, 9.17) is 0 Å². The van der Waals surface area contributed by atoms with E-state index in [0.717, 1.165) is 5.56 Å². The number of rotatable bonds is 5. The predicted molar refractivity (Wildman–Crippen MR) is 99.6 cm³/mol. The molecular weight excluding hydrogens is 346 g/mol. The fourth-order valence-corrected chi connectivity index (χ4v) is 2.85. The number of hydrogen-bond acceptors (Lipinski definition) is 7. The van der Waals surface area contributed by atoms with Crippen LogP contribution in [-0.4, -0.2) is 29.9 Å². The van der Waals surface area contributed by atoms with Crippen molar-refractivity contribution in [1.29, 1.82) is 0 Å². The highest BCUT2D eigenvalue weighted by Gasteiger charge is 2.27. The first-order chi connectivity index (χ1) is 13.1. The molecule has 0 bridgehead atoms. The summed E-state index contributed by atoms with van der Waals surface area (Å²) in [5.41, 5.74) is 1.98. The van der Waals surface area contributed by atoms with Crippen molar-refractivity contribution in [3.8, 4) is 5.82 Å². The third-order valence-corrected chi connectivity index (χ3v) is 4.19. The average Bonchev–Trinajstić information content (AvgIpc) is 3.12. The Kier molecular flexibility index (Phi) is 4.17. The van der Waals surface area contributed by atoms with Gasteiger partial charge in [0.2, 0.25) is 11.6 Å². The molecule has 9 heteroatoms. The molecule has 9 nitrogen and oxygen atoms in total. The van der Waals surface area contributed by atoms with Gasteiger partial charge in [0, 0.05) is 0 Å². The zero-order valence-electron chi connectivity index (χ0n) is 14.4. The van der Waals surface area contributed by atoms with E-state index < -0.39 is 4.92 Å². The SMILES string of the molecule is CC(Nc1ncnc(-n2nnc3ccccc32)c1[N+](=O)[O-])c1ccccc1. The van der Waals surface area contributed by atoms with Crippen LogP contribution in [0.4, 0.5) is 11.5 Å². The molecule has 4 rings (SSSR count). The Bertz CT molecular complexity index is 1110. The summed E-state index contributed by atoms with van der Waals surface area (Å²) in [6.07, 6.45) is 1.28. The normalized spacial score (nSPS) is 12.0. The maximum Gasteiger partial charge on any atom is 0.355 e. The molecule has 2 aromatic heterocycles. The minimum atomic E-state index is -0.508. The van der Waals surface area contributed by atoms with Crippen LogP contribution in [0.25, 0.3) is 16.9 Å². The third kappa shape index (κ3) is 3.06. The molecule has 1 atom stereocenters. The van der Waals surface area contributed by atoms with Gasteiger partial charge in [-0.15, -0.1) is 5.10 Å². The lowest BCUT2D eigenvalue weighted by molar-refractivity contribution is -0.384. The maximum atomic E-state index is 11.8. The number of benzene rings is 2. The molecule has 0 saturated heterocycles. The van der Waals surface area contributed by atoms with E-state index in [0.29, 0.717) is 11.0 Å². The van der Waals surface area contributed by atoms with Crippen molar-refractivity contribution in [2.24, 2.45) is 0 Å². The van der Waals surface area contributed by atoms with Gasteiger partial charge in [-0.05, 0) is 24.6 Å². The molecule has 0 aliphatic heterocycles. The summed E-state index contributed by atoms with van der Waals surface area (Å²) < 4.78 is 1.35. The predicted octanol–water partition coefficient (Wildman–Crippen LogP) is 3.29. The molecule has 0 aliphatic carbocycles. The maximum absolute atomic E-state index is 11.8. The number of anilines is 1. The van der Waals surface area contributed by atoms with Crippen LogP contribution >= 0.6 is 0 Å². The first-order valence-corrected chi connectivity index (χ1v) is 8.27. The first-order valence-electron chi connectivity index (χ1n) is 8.27. The van der Waals surface area contributed by atoms with Gasteiger partial charge >= 0.3 is 5.69 Å². The fraction of sp³-hybridized carbons (Fsp3) is 0.111. The highest BCUT2D eigenvalue weighted by Crippen LogP contribution is 2.31. The molecule has 4 aromatic rings. The van der Waals surface area contributed by atoms with Crippen molar-refractivity contribution in [3.63, 3.8) is 0 Å². The van der Waals surface area contributed by atoms with Gasteiger partial charge in [-0.3, -0.25) is 10.1 Å². The van der Waals surface area contributed by atoms with Gasteiger partial charge in [-0.25, -0.2) is 9.97 Å². The Labute approximate surface area is 153 Å². The summed E-state index contributed by atoms with van der Waals surface area (Å²) >= 11 is 0. The van der Waals surface area contributed by atoms with Crippen molar-refractivity contribution in [1.82, 2.24) is 25.0 Å². The van der Waals surface area contributed by atoms with Gasteiger partial charge in [0.05, 0.1) is 16.5 Å². The van der Waals surface area contributed by atoms with Crippen LogP contribution in [0.5, 0.6) is 0 Å². The topological polar surface area (TPSA) is 112 Å². The van der Waals surface area contributed by atoms with E-state index in [1.807, 2.05) is 49.4 Å². The van der Waals surface area contributed by atoms with Gasteiger partial charge in [0.1, 0.15) is 11.8 Å². The number of hydrogen-bond donors (Lipinski definition) is 1. The molecule has 1 unspecified atom stereocenters. The summed E-state index contributed by atoms with van der Waals surface area (Å²) in [5.74, 6) is 0.187. The quantitative estimate of drug-likeness (QED) is 0.429. The number of nitrogens with zero attached hydrogens (tertiary/aromatic N) is 6. The highest BCUT2D eigenvalue weighted by molar-refractivity contribution is 5.77. The summed E-state index contributed by atoms with van der Waals surface area (Å²) in [6.45, 7) is 1.91. The number of para-hydroxylation sites is 1. The smallest absolute Gasteiger partial charge is 0.355 e. The monoisotopic (exact) mass is 361 g/mol. The van der Waals surface area contributed by atoms with Crippen LogP contribution in [0.15, 0.2) is 60.9 Å². The Morgan fingerprint density at radius 1 is 1.07 bits per heavy atom. The second kappa shape index (κ2) is 6.79. The molecule has 0 fully saturated rings. The second-order valence-corrected chi connectivity index (χ2v) is 5.92. The van der Waals surface area contributed by atoms with E-state index in [2.05, 4.69) is 25.6 Å². The van der Waals surface area contributed by atoms with Crippen LogP contribution in [0, 0.1) is 10.1 Å². The number of fused-ring (bicyclic) bond motifs is 1. The van der Waals surface area contributed by atoms with E-state index in [-0.39, 0.29) is 23.4 Å². The van der Waals surface area contributed by atoms with Gasteiger partial charge in [-0.1, -0.05) is 47.7 Å². The Balaban J connectivity index is 1.80. The average molecular weight is 361 g/mol. The van der Waals surface area contributed by atoms with E-state index in [1.54, 1.807) is 12.1 Å². The van der Waals surface area contributed by atoms with Gasteiger partial charge in [0.15, 0.2) is 0 Å². The molecule has 0 aliphatic rings. The van der Waals surface area contributed by atoms with Crippen LogP contribution in [0.3, 0.4) is 0 Å². The highest BCUT2D eigenvalue weighted by atomic mass is 16.6. The van der Waals surface area contributed by atoms with Crippen LogP contribution in [-0.2, 0) is 0 Å². The number of nitrogens with one attached hydrogen (secondary N) is 1. The standard InChI is InChI=1S/C18H15N7O2/c1-12(13-7-3-2-4-8-13)21-17-16(25(26)27)18(20-11-19-17)24-15-10-6-5-9-14(15)22-23-24/h2-12H,1H3,(H,19,20,21). The molecule has 2 aromatic carbocycles. The summed E-state index contributed by atoms with van der Waals surface area (Å²) in [5, 5.41) is 23.0. The molecule has 0 saturated carbocycles. The molecule has 134 valence electrons. The lowest BCUT2D eigenvalue weighted by Crippen LogP contribution is -2.13. The van der Waals surface area contributed by atoms with Gasteiger partial charge in [-0.2, -0.15) is 4.68 Å². The molecule has 1 N–H and O–H groups in total. The Morgan fingerprint density at radius 2 is 1.81 bits per heavy atom. The number of nitro groups is 1. The molecule has 0 spiro atoms. The zero-order valence-corrected chi connectivity index (χ0v) is 14.4. The number of aromatic nitrogens is 5. The zero-order chi connectivity index (χ0) is 18.8. The molecule has 2 heterocycles. The van der Waals surface area contributed by atoms with Crippen LogP contribution < -0.4 is 5.32 Å². The minimum Gasteiger partial charge on any atom is -0.358 e. The van der Waals surface area contributed by atoms with E-state index in [1.165, 1.54) is 11.0 Å². The molecule has 0 radical (unpaired) electrons. The Morgan fingerprint density at radius 3 is 2.59 bits per heavy atom. The lowest BCUT2D eigenvalue weighted by atomic mass is 10.1. The largest absolute Gasteiger partial charge is 0.358 e. The van der Waals surface area contributed by atoms with Gasteiger partial charge < -0.3 is 5.32 Å². The van der Waals surface area contributed by atoms with Gasteiger partial charge in [0.25, 0.3) is 0 Å². The van der Waals surface area contributed by atoms with Crippen LogP contribution in [0.2, 0.25) is 0 Å². The third-order valence-electron chi connectivity index (χ3n) is 4.19. The van der Waals surface area contributed by atoms with E-state index >= 15 is 0 Å². The lowest BCUT2D eigenvalue weighted by Gasteiger charge is -2.15. The molecule has 0 amide bonds. The van der Waals surface area contributed by atoms with E-state index in [9.17, 15) is 10.1 Å². The van der Waals surface area contributed by atoms with Crippen molar-refractivity contribution in [2.75, 3.05) is 5.32 Å². The summed E-state index contributed by atoms with van der Waals surface area (Å²) in [4.78, 5) is 19.5. The van der Waals surface area contributed by atoms with Crippen molar-refractivity contribution in [3.05, 3.63) is 76.6 Å². The van der Waals surface area contributed by atoms with Crippen molar-refractivity contribution in [2.45, 2.75) is 13.0 Å². The van der Waals surface area contributed by atoms with Crippen molar-refractivity contribution >= 4 is 22.5 Å². The summed E-state index contributed by atoms with van der Waals surface area (Å²) in [7, 11) is 0. The molecule has 27 heavy (non-hydrogen) atoms. The van der Waals surface area contributed by atoms with Crippen molar-refractivity contribution < 1.29 is 4.92 Å².